The van der Waals surface area contributed by atoms with Crippen LogP contribution in [0.2, 0.25) is 5.02 Å². The van der Waals surface area contributed by atoms with E-state index in [0.29, 0.717) is 4.75 Å². The SMILES string of the molecule is CC.CC.CCC(C)(C)SCc1ccc(Cl)cc1. The zero-order chi connectivity index (χ0) is 14.6. The molecule has 0 unspecified atom stereocenters. The fraction of sp³-hybridized carbons (Fsp3) is 0.625. The van der Waals surface area contributed by atoms with Gasteiger partial charge in [-0.05, 0) is 24.1 Å². The van der Waals surface area contributed by atoms with E-state index in [1.807, 2.05) is 51.6 Å². The third-order valence-electron chi connectivity index (χ3n) is 2.39. The number of halogens is 1. The Kier molecular flexibility index (Phi) is 13.4. The van der Waals surface area contributed by atoms with Gasteiger partial charge < -0.3 is 0 Å². The van der Waals surface area contributed by atoms with E-state index in [1.165, 1.54) is 12.0 Å². The van der Waals surface area contributed by atoms with Crippen LogP contribution in [0.3, 0.4) is 0 Å². The monoisotopic (exact) mass is 288 g/mol. The van der Waals surface area contributed by atoms with Crippen molar-refractivity contribution in [2.24, 2.45) is 0 Å². The van der Waals surface area contributed by atoms with Crippen molar-refractivity contribution in [3.05, 3.63) is 34.9 Å². The molecule has 1 rings (SSSR count). The fourth-order valence-electron chi connectivity index (χ4n) is 0.961. The second kappa shape index (κ2) is 11.9. The van der Waals surface area contributed by atoms with E-state index < -0.39 is 0 Å². The second-order valence-electron chi connectivity index (χ2n) is 4.03. The van der Waals surface area contributed by atoms with E-state index in [1.54, 1.807) is 0 Å². The lowest BCUT2D eigenvalue weighted by molar-refractivity contribution is 0.684. The summed E-state index contributed by atoms with van der Waals surface area (Å²) in [5.41, 5.74) is 1.35. The van der Waals surface area contributed by atoms with Crippen LogP contribution in [-0.4, -0.2) is 4.75 Å². The maximum Gasteiger partial charge on any atom is 0.0406 e. The molecule has 0 bridgehead atoms. The first kappa shape index (κ1) is 20.2. The molecule has 0 nitrogen and oxygen atoms in total. The Balaban J connectivity index is 0. The maximum atomic E-state index is 5.82. The zero-order valence-electron chi connectivity index (χ0n) is 13.0. The number of thioether (sulfide) groups is 1. The van der Waals surface area contributed by atoms with Crippen LogP contribution in [0, 0.1) is 0 Å². The summed E-state index contributed by atoms with van der Waals surface area (Å²) in [5.74, 6) is 1.07. The van der Waals surface area contributed by atoms with E-state index in [-0.39, 0.29) is 0 Å². The van der Waals surface area contributed by atoms with Crippen LogP contribution >= 0.6 is 23.4 Å². The number of hydrogen-bond acceptors (Lipinski definition) is 1. The minimum atomic E-state index is 0.375. The molecule has 0 aliphatic heterocycles. The van der Waals surface area contributed by atoms with Gasteiger partial charge in [0.2, 0.25) is 0 Å². The first-order valence-corrected chi connectivity index (χ1v) is 8.28. The molecule has 0 aromatic heterocycles. The molecule has 2 heteroatoms. The molecule has 0 N–H and O–H groups in total. The van der Waals surface area contributed by atoms with Crippen molar-refractivity contribution in [1.29, 1.82) is 0 Å². The molecular weight excluding hydrogens is 260 g/mol. The molecule has 0 radical (unpaired) electrons. The minimum absolute atomic E-state index is 0.375. The van der Waals surface area contributed by atoms with Crippen molar-refractivity contribution in [2.75, 3.05) is 0 Å². The second-order valence-corrected chi connectivity index (χ2v) is 6.15. The van der Waals surface area contributed by atoms with Crippen molar-refractivity contribution in [2.45, 2.75) is 65.4 Å². The molecule has 0 saturated heterocycles. The molecule has 0 saturated carbocycles. The summed E-state index contributed by atoms with van der Waals surface area (Å²) in [6.07, 6.45) is 1.20. The van der Waals surface area contributed by atoms with Crippen LogP contribution in [0.5, 0.6) is 0 Å². The van der Waals surface area contributed by atoms with Gasteiger partial charge in [-0.25, -0.2) is 0 Å². The molecule has 0 heterocycles. The molecular formula is C16H29ClS. The third-order valence-corrected chi connectivity index (χ3v) is 4.19. The summed E-state index contributed by atoms with van der Waals surface area (Å²) >= 11 is 7.82. The first-order valence-electron chi connectivity index (χ1n) is 6.92. The fourth-order valence-corrected chi connectivity index (χ4v) is 2.04. The lowest BCUT2D eigenvalue weighted by Gasteiger charge is -2.21. The molecule has 0 spiro atoms. The van der Waals surface area contributed by atoms with Gasteiger partial charge >= 0.3 is 0 Å². The summed E-state index contributed by atoms with van der Waals surface area (Å²) in [6.45, 7) is 14.8. The van der Waals surface area contributed by atoms with Crippen LogP contribution < -0.4 is 0 Å². The predicted octanol–water partition coefficient (Wildman–Crippen LogP) is 6.81. The quantitative estimate of drug-likeness (QED) is 0.586. The predicted molar refractivity (Wildman–Crippen MR) is 89.8 cm³/mol. The number of rotatable bonds is 4. The van der Waals surface area contributed by atoms with Crippen LogP contribution in [0.1, 0.15) is 60.5 Å². The smallest absolute Gasteiger partial charge is 0.0406 e. The van der Waals surface area contributed by atoms with Crippen molar-refractivity contribution in [1.82, 2.24) is 0 Å². The summed E-state index contributed by atoms with van der Waals surface area (Å²) in [7, 11) is 0. The third kappa shape index (κ3) is 9.85. The molecule has 106 valence electrons. The summed E-state index contributed by atoms with van der Waals surface area (Å²) < 4.78 is 0.375. The number of benzene rings is 1. The molecule has 1 aromatic rings. The van der Waals surface area contributed by atoms with E-state index in [0.717, 1.165) is 10.8 Å². The first-order chi connectivity index (χ1) is 8.53. The number of hydrogen-bond donors (Lipinski definition) is 0. The molecule has 0 fully saturated rings. The lowest BCUT2D eigenvalue weighted by atomic mass is 10.1. The summed E-state index contributed by atoms with van der Waals surface area (Å²) in [6, 6.07) is 8.11. The van der Waals surface area contributed by atoms with Crippen molar-refractivity contribution >= 4 is 23.4 Å². The average molecular weight is 289 g/mol. The van der Waals surface area contributed by atoms with Crippen molar-refractivity contribution < 1.29 is 0 Å². The van der Waals surface area contributed by atoms with Gasteiger partial charge in [-0.2, -0.15) is 11.8 Å². The van der Waals surface area contributed by atoms with Crippen LogP contribution in [0.25, 0.3) is 0 Å². The normalized spacial score (nSPS) is 9.78. The largest absolute Gasteiger partial charge is 0.151 e. The highest BCUT2D eigenvalue weighted by molar-refractivity contribution is 7.99. The van der Waals surface area contributed by atoms with Crippen LogP contribution in [0.4, 0.5) is 0 Å². The lowest BCUT2D eigenvalue weighted by Crippen LogP contribution is -2.12. The van der Waals surface area contributed by atoms with Gasteiger partial charge in [0.15, 0.2) is 0 Å². The highest BCUT2D eigenvalue weighted by Crippen LogP contribution is 2.30. The van der Waals surface area contributed by atoms with Gasteiger partial charge in [0.05, 0.1) is 0 Å². The van der Waals surface area contributed by atoms with Gasteiger partial charge in [-0.3, -0.25) is 0 Å². The van der Waals surface area contributed by atoms with Gasteiger partial charge in [0.25, 0.3) is 0 Å². The maximum absolute atomic E-state index is 5.82. The molecule has 1 aromatic carbocycles. The molecule has 18 heavy (non-hydrogen) atoms. The van der Waals surface area contributed by atoms with Gasteiger partial charge in [0.1, 0.15) is 0 Å². The minimum Gasteiger partial charge on any atom is -0.151 e. The summed E-state index contributed by atoms with van der Waals surface area (Å²) in [4.78, 5) is 0. The standard InChI is InChI=1S/C12H17ClS.2C2H6/c1-4-12(2,3)14-9-10-5-7-11(13)8-6-10;2*1-2/h5-8H,4,9H2,1-3H3;2*1-2H3. The Hall–Kier alpha value is -0.140. The van der Waals surface area contributed by atoms with E-state index in [2.05, 4.69) is 32.9 Å². The summed E-state index contributed by atoms with van der Waals surface area (Å²) in [5, 5.41) is 0.813. The molecule has 0 aliphatic rings. The highest BCUT2D eigenvalue weighted by Gasteiger charge is 2.14. The van der Waals surface area contributed by atoms with Crippen molar-refractivity contribution in [3.8, 4) is 0 Å². The molecule has 0 atom stereocenters. The topological polar surface area (TPSA) is 0 Å². The van der Waals surface area contributed by atoms with E-state index in [4.69, 9.17) is 11.6 Å². The molecule has 0 amide bonds. The highest BCUT2D eigenvalue weighted by atomic mass is 35.5. The van der Waals surface area contributed by atoms with E-state index in [9.17, 15) is 0 Å². The van der Waals surface area contributed by atoms with Gasteiger partial charge in [0, 0.05) is 15.5 Å². The molecule has 0 aliphatic carbocycles. The Morgan fingerprint density at radius 3 is 1.83 bits per heavy atom. The Bertz CT molecular complexity index is 278. The van der Waals surface area contributed by atoms with Crippen LogP contribution in [0.15, 0.2) is 24.3 Å². The zero-order valence-corrected chi connectivity index (χ0v) is 14.6. The van der Waals surface area contributed by atoms with Gasteiger partial charge in [-0.1, -0.05) is 72.2 Å². The Labute approximate surface area is 124 Å². The van der Waals surface area contributed by atoms with E-state index >= 15 is 0 Å². The Morgan fingerprint density at radius 2 is 1.44 bits per heavy atom. The van der Waals surface area contributed by atoms with Crippen LogP contribution in [-0.2, 0) is 5.75 Å². The average Bonchev–Trinajstić information content (AvgIpc) is 2.43. The van der Waals surface area contributed by atoms with Gasteiger partial charge in [-0.15, -0.1) is 0 Å². The van der Waals surface area contributed by atoms with Crippen molar-refractivity contribution in [3.63, 3.8) is 0 Å². The Morgan fingerprint density at radius 1 is 1.00 bits per heavy atom.